The third-order valence-electron chi connectivity index (χ3n) is 1.83. The zero-order chi connectivity index (χ0) is 9.84. The largest absolute Gasteiger partial charge is 0.507 e. The van der Waals surface area contributed by atoms with Crippen LogP contribution >= 0.6 is 15.9 Å². The molecule has 0 fully saturated rings. The molecule has 0 saturated carbocycles. The van der Waals surface area contributed by atoms with Crippen LogP contribution in [0.25, 0.3) is 0 Å². The second kappa shape index (κ2) is 4.60. The molecule has 1 aromatic rings. The molecule has 3 nitrogen and oxygen atoms in total. The number of aryl methyl sites for hydroxylation is 1. The highest BCUT2D eigenvalue weighted by Gasteiger charge is 2.05. The Balaban J connectivity index is 2.92. The molecule has 13 heavy (non-hydrogen) atoms. The fourth-order valence-corrected chi connectivity index (χ4v) is 1.78. The molecule has 0 aromatic heterocycles. The summed E-state index contributed by atoms with van der Waals surface area (Å²) in [7, 11) is 0. The molecule has 0 radical (unpaired) electrons. The van der Waals surface area contributed by atoms with E-state index < -0.39 is 0 Å². The molecule has 1 rings (SSSR count). The molecule has 0 aliphatic carbocycles. The maximum absolute atomic E-state index is 9.63. The molecule has 0 unspecified atom stereocenters. The van der Waals surface area contributed by atoms with Crippen molar-refractivity contribution in [2.24, 2.45) is 5.90 Å². The molecule has 0 amide bonds. The normalized spacial score (nSPS) is 10.4. The van der Waals surface area contributed by atoms with Gasteiger partial charge in [-0.2, -0.15) is 0 Å². The molecule has 0 aliphatic rings. The Morgan fingerprint density at radius 1 is 1.54 bits per heavy atom. The topological polar surface area (TPSA) is 55.5 Å². The van der Waals surface area contributed by atoms with Crippen LogP contribution in [0.5, 0.6) is 5.75 Å². The fourth-order valence-electron chi connectivity index (χ4n) is 1.16. The Labute approximate surface area is 85.6 Å². The molecule has 0 bridgehead atoms. The average Bonchev–Trinajstić information content (AvgIpc) is 2.09. The van der Waals surface area contributed by atoms with Crippen LogP contribution in [-0.4, -0.2) is 11.7 Å². The highest BCUT2D eigenvalue weighted by Crippen LogP contribution is 2.26. The molecule has 4 heteroatoms. The van der Waals surface area contributed by atoms with Crippen LogP contribution < -0.4 is 5.90 Å². The first kappa shape index (κ1) is 10.5. The minimum Gasteiger partial charge on any atom is -0.507 e. The van der Waals surface area contributed by atoms with Gasteiger partial charge in [-0.1, -0.05) is 15.9 Å². The Bertz CT molecular complexity index is 302. The number of halogens is 1. The summed E-state index contributed by atoms with van der Waals surface area (Å²) in [4.78, 5) is 4.45. The van der Waals surface area contributed by atoms with E-state index in [0.717, 1.165) is 15.6 Å². The van der Waals surface area contributed by atoms with Crippen molar-refractivity contribution in [2.45, 2.75) is 13.3 Å². The Morgan fingerprint density at radius 2 is 2.23 bits per heavy atom. The summed E-state index contributed by atoms with van der Waals surface area (Å²) in [6, 6.07) is 3.73. The molecular weight excluding hydrogens is 234 g/mol. The molecule has 1 aromatic carbocycles. The van der Waals surface area contributed by atoms with Gasteiger partial charge in [0.25, 0.3) is 0 Å². The van der Waals surface area contributed by atoms with Crippen LogP contribution in [0.4, 0.5) is 0 Å². The van der Waals surface area contributed by atoms with Crippen LogP contribution in [0.15, 0.2) is 16.6 Å². The van der Waals surface area contributed by atoms with Crippen molar-refractivity contribution < 1.29 is 9.94 Å². The van der Waals surface area contributed by atoms with Crippen LogP contribution in [0.2, 0.25) is 0 Å². The number of aromatic hydroxyl groups is 1. The van der Waals surface area contributed by atoms with E-state index in [1.54, 1.807) is 0 Å². The summed E-state index contributed by atoms with van der Waals surface area (Å²) < 4.78 is 0.954. The minimum atomic E-state index is 0.320. The van der Waals surface area contributed by atoms with Crippen molar-refractivity contribution in [3.63, 3.8) is 0 Å². The number of phenolic OH excluding ortho intramolecular Hbond substituents is 1. The molecule has 0 heterocycles. The summed E-state index contributed by atoms with van der Waals surface area (Å²) >= 11 is 3.36. The van der Waals surface area contributed by atoms with Crippen LogP contribution in [0.3, 0.4) is 0 Å². The van der Waals surface area contributed by atoms with E-state index in [-0.39, 0.29) is 0 Å². The third kappa shape index (κ3) is 2.69. The van der Waals surface area contributed by atoms with Gasteiger partial charge < -0.3 is 9.94 Å². The number of benzene rings is 1. The zero-order valence-electron chi connectivity index (χ0n) is 7.38. The lowest BCUT2D eigenvalue weighted by molar-refractivity contribution is 0.140. The van der Waals surface area contributed by atoms with E-state index in [0.29, 0.717) is 18.8 Å². The van der Waals surface area contributed by atoms with Crippen LogP contribution in [0, 0.1) is 6.92 Å². The van der Waals surface area contributed by atoms with Crippen molar-refractivity contribution in [3.05, 3.63) is 27.7 Å². The number of hydrogen-bond acceptors (Lipinski definition) is 3. The van der Waals surface area contributed by atoms with E-state index in [1.165, 1.54) is 0 Å². The molecule has 72 valence electrons. The molecular formula is C9H12BrNO2. The first-order chi connectivity index (χ1) is 6.15. The smallest absolute Gasteiger partial charge is 0.121 e. The van der Waals surface area contributed by atoms with Crippen LogP contribution in [-0.2, 0) is 11.3 Å². The second-order valence-corrected chi connectivity index (χ2v) is 3.77. The van der Waals surface area contributed by atoms with Gasteiger partial charge in [-0.25, -0.2) is 5.90 Å². The lowest BCUT2D eigenvalue weighted by atomic mass is 10.1. The lowest BCUT2D eigenvalue weighted by Crippen LogP contribution is -2.04. The maximum Gasteiger partial charge on any atom is 0.121 e. The predicted octanol–water partition coefficient (Wildman–Crippen LogP) is 1.90. The summed E-state index contributed by atoms with van der Waals surface area (Å²) in [5.74, 6) is 5.23. The standard InChI is InChI=1S/C9H12BrNO2/c1-6-4-8(10)5-7(9(6)12)2-3-13-11/h4-5,12H,2-3,11H2,1H3. The summed E-state index contributed by atoms with van der Waals surface area (Å²) in [6.45, 7) is 2.26. The van der Waals surface area contributed by atoms with E-state index >= 15 is 0 Å². The monoisotopic (exact) mass is 245 g/mol. The van der Waals surface area contributed by atoms with Gasteiger partial charge in [-0.05, 0) is 30.2 Å². The second-order valence-electron chi connectivity index (χ2n) is 2.85. The molecule has 0 atom stereocenters. The fraction of sp³-hybridized carbons (Fsp3) is 0.333. The van der Waals surface area contributed by atoms with Crippen molar-refractivity contribution >= 4 is 15.9 Å². The van der Waals surface area contributed by atoms with E-state index in [2.05, 4.69) is 20.8 Å². The van der Waals surface area contributed by atoms with Gasteiger partial charge in [0, 0.05) is 10.9 Å². The summed E-state index contributed by atoms with van der Waals surface area (Å²) in [5.41, 5.74) is 1.69. The average molecular weight is 246 g/mol. The number of phenols is 1. The molecule has 0 aliphatic heterocycles. The van der Waals surface area contributed by atoms with E-state index in [4.69, 9.17) is 5.90 Å². The molecule has 0 spiro atoms. The van der Waals surface area contributed by atoms with Crippen molar-refractivity contribution in [1.82, 2.24) is 0 Å². The van der Waals surface area contributed by atoms with E-state index in [9.17, 15) is 5.11 Å². The first-order valence-corrected chi connectivity index (χ1v) is 4.74. The van der Waals surface area contributed by atoms with Crippen molar-refractivity contribution in [1.29, 1.82) is 0 Å². The number of nitrogens with two attached hydrogens (primary N) is 1. The highest BCUT2D eigenvalue weighted by atomic mass is 79.9. The zero-order valence-corrected chi connectivity index (χ0v) is 8.97. The summed E-state index contributed by atoms with van der Waals surface area (Å²) in [6.07, 6.45) is 0.614. The summed E-state index contributed by atoms with van der Waals surface area (Å²) in [5, 5.41) is 9.63. The van der Waals surface area contributed by atoms with Crippen LogP contribution in [0.1, 0.15) is 11.1 Å². The van der Waals surface area contributed by atoms with Crippen molar-refractivity contribution in [2.75, 3.05) is 6.61 Å². The Kier molecular flexibility index (Phi) is 3.71. The van der Waals surface area contributed by atoms with E-state index in [1.807, 2.05) is 19.1 Å². The SMILES string of the molecule is Cc1cc(Br)cc(CCON)c1O. The minimum absolute atomic E-state index is 0.320. The van der Waals surface area contributed by atoms with Gasteiger partial charge in [0.15, 0.2) is 0 Å². The van der Waals surface area contributed by atoms with Crippen molar-refractivity contribution in [3.8, 4) is 5.75 Å². The van der Waals surface area contributed by atoms with Gasteiger partial charge in [0.2, 0.25) is 0 Å². The third-order valence-corrected chi connectivity index (χ3v) is 2.29. The molecule has 3 N–H and O–H groups in total. The van der Waals surface area contributed by atoms with Gasteiger partial charge in [0.1, 0.15) is 5.75 Å². The predicted molar refractivity (Wildman–Crippen MR) is 54.4 cm³/mol. The van der Waals surface area contributed by atoms with Gasteiger partial charge in [0.05, 0.1) is 6.61 Å². The number of hydrogen-bond donors (Lipinski definition) is 2. The Hall–Kier alpha value is -0.580. The lowest BCUT2D eigenvalue weighted by Gasteiger charge is -2.07. The van der Waals surface area contributed by atoms with Gasteiger partial charge in [-0.15, -0.1) is 0 Å². The first-order valence-electron chi connectivity index (χ1n) is 3.95. The molecule has 0 saturated heterocycles. The number of rotatable bonds is 3. The quantitative estimate of drug-likeness (QED) is 0.801. The Morgan fingerprint density at radius 3 is 2.85 bits per heavy atom. The maximum atomic E-state index is 9.63. The highest BCUT2D eigenvalue weighted by molar-refractivity contribution is 9.10. The van der Waals surface area contributed by atoms with Gasteiger partial charge >= 0.3 is 0 Å². The van der Waals surface area contributed by atoms with Gasteiger partial charge in [-0.3, -0.25) is 0 Å².